The molecule has 0 saturated carbocycles. The summed E-state index contributed by atoms with van der Waals surface area (Å²) < 4.78 is 26.2. The highest BCUT2D eigenvalue weighted by atomic mass is 32.2. The van der Waals surface area contributed by atoms with E-state index in [1.807, 2.05) is 25.1 Å². The molecule has 0 radical (unpaired) electrons. The highest BCUT2D eigenvalue weighted by Gasteiger charge is 2.22. The molecule has 0 amide bonds. The molecule has 1 aromatic carbocycles. The zero-order valence-corrected chi connectivity index (χ0v) is 12.5. The van der Waals surface area contributed by atoms with Crippen molar-refractivity contribution in [1.29, 1.82) is 5.26 Å². The molecule has 0 bridgehead atoms. The van der Waals surface area contributed by atoms with Gasteiger partial charge in [0.1, 0.15) is 0 Å². The molecule has 0 atom stereocenters. The number of hydrogen-bond donors (Lipinski definition) is 0. The van der Waals surface area contributed by atoms with Crippen LogP contribution in [0.5, 0.6) is 0 Å². The lowest BCUT2D eigenvalue weighted by molar-refractivity contribution is 0.358. The molecule has 0 fully saturated rings. The zero-order chi connectivity index (χ0) is 14.6. The fraction of sp³-hybridized carbons (Fsp3) is 0.462. The summed E-state index contributed by atoms with van der Waals surface area (Å²) in [6.45, 7) is 2.78. The van der Waals surface area contributed by atoms with Crippen molar-refractivity contribution in [3.8, 4) is 6.07 Å². The van der Waals surface area contributed by atoms with E-state index in [-0.39, 0.29) is 4.90 Å². The Morgan fingerprint density at radius 3 is 2.37 bits per heavy atom. The number of hydrogen-bond acceptors (Lipinski definition) is 4. The fourth-order valence-corrected chi connectivity index (χ4v) is 2.99. The van der Waals surface area contributed by atoms with E-state index >= 15 is 0 Å². The van der Waals surface area contributed by atoms with Crippen LogP contribution in [0.2, 0.25) is 0 Å². The first-order chi connectivity index (χ1) is 8.78. The van der Waals surface area contributed by atoms with Gasteiger partial charge in [0, 0.05) is 20.1 Å². The monoisotopic (exact) mass is 281 g/mol. The molecule has 1 rings (SSSR count). The molecule has 6 heteroatoms. The van der Waals surface area contributed by atoms with Gasteiger partial charge < -0.3 is 4.90 Å². The SMILES string of the molecule is Cc1ccc(C#N)cc1S(=O)(=O)N(C)CCN(C)C. The second kappa shape index (κ2) is 6.15. The molecule has 1 aromatic rings. The average Bonchev–Trinajstić information content (AvgIpc) is 2.36. The summed E-state index contributed by atoms with van der Waals surface area (Å²) in [7, 11) is 1.79. The average molecular weight is 281 g/mol. The number of nitriles is 1. The summed E-state index contributed by atoms with van der Waals surface area (Å²) >= 11 is 0. The quantitative estimate of drug-likeness (QED) is 0.809. The topological polar surface area (TPSA) is 64.4 Å². The van der Waals surface area contributed by atoms with Gasteiger partial charge in [0.25, 0.3) is 0 Å². The van der Waals surface area contributed by atoms with Crippen molar-refractivity contribution in [3.63, 3.8) is 0 Å². The molecule has 0 aromatic heterocycles. The Kier molecular flexibility index (Phi) is 5.06. The van der Waals surface area contributed by atoms with Crippen molar-refractivity contribution in [2.75, 3.05) is 34.2 Å². The number of rotatable bonds is 5. The van der Waals surface area contributed by atoms with Crippen LogP contribution in [-0.2, 0) is 10.0 Å². The Morgan fingerprint density at radius 1 is 1.21 bits per heavy atom. The second-order valence-corrected chi connectivity index (χ2v) is 6.74. The number of nitrogens with zero attached hydrogens (tertiary/aromatic N) is 3. The highest BCUT2D eigenvalue weighted by molar-refractivity contribution is 7.89. The largest absolute Gasteiger partial charge is 0.308 e. The minimum atomic E-state index is -3.54. The minimum absolute atomic E-state index is 0.202. The molecule has 0 saturated heterocycles. The van der Waals surface area contributed by atoms with Gasteiger partial charge in [-0.1, -0.05) is 6.07 Å². The van der Waals surface area contributed by atoms with Gasteiger partial charge in [0.2, 0.25) is 10.0 Å². The van der Waals surface area contributed by atoms with Gasteiger partial charge in [-0.05, 0) is 38.7 Å². The molecule has 0 aliphatic heterocycles. The molecule has 0 aliphatic rings. The summed E-state index contributed by atoms with van der Waals surface area (Å²) in [5, 5.41) is 8.87. The number of likely N-dealkylation sites (N-methyl/N-ethyl adjacent to an activating group) is 2. The lowest BCUT2D eigenvalue weighted by Gasteiger charge is -2.20. The number of aryl methyl sites for hydroxylation is 1. The maximum absolute atomic E-state index is 12.4. The molecule has 104 valence electrons. The summed E-state index contributed by atoms with van der Waals surface area (Å²) in [6.07, 6.45) is 0. The molecular weight excluding hydrogens is 262 g/mol. The molecule has 5 nitrogen and oxygen atoms in total. The first-order valence-corrected chi connectivity index (χ1v) is 7.35. The predicted molar refractivity (Wildman–Crippen MR) is 74.3 cm³/mol. The first-order valence-electron chi connectivity index (χ1n) is 5.91. The van der Waals surface area contributed by atoms with Gasteiger partial charge in [-0.2, -0.15) is 9.57 Å². The Bertz CT molecular complexity index is 588. The molecule has 0 N–H and O–H groups in total. The van der Waals surface area contributed by atoms with E-state index in [4.69, 9.17) is 5.26 Å². The van der Waals surface area contributed by atoms with E-state index in [9.17, 15) is 8.42 Å². The molecule has 0 spiro atoms. The highest BCUT2D eigenvalue weighted by Crippen LogP contribution is 2.20. The van der Waals surface area contributed by atoms with Crippen LogP contribution in [0.15, 0.2) is 23.1 Å². The normalized spacial score (nSPS) is 11.8. The number of sulfonamides is 1. The van der Waals surface area contributed by atoms with Gasteiger partial charge in [-0.15, -0.1) is 0 Å². The molecule has 0 unspecified atom stereocenters. The van der Waals surface area contributed by atoms with E-state index < -0.39 is 10.0 Å². The van der Waals surface area contributed by atoms with Gasteiger partial charge >= 0.3 is 0 Å². The lowest BCUT2D eigenvalue weighted by Crippen LogP contribution is -2.33. The first kappa shape index (κ1) is 15.6. The number of benzene rings is 1. The van der Waals surface area contributed by atoms with Crippen molar-refractivity contribution >= 4 is 10.0 Å². The minimum Gasteiger partial charge on any atom is -0.308 e. The molecule has 19 heavy (non-hydrogen) atoms. The van der Waals surface area contributed by atoms with Crippen LogP contribution < -0.4 is 0 Å². The van der Waals surface area contributed by atoms with Crippen LogP contribution in [-0.4, -0.2) is 51.9 Å². The molecular formula is C13H19N3O2S. The third-order valence-electron chi connectivity index (χ3n) is 2.87. The fourth-order valence-electron chi connectivity index (χ4n) is 1.58. The van der Waals surface area contributed by atoms with Crippen LogP contribution >= 0.6 is 0 Å². The Morgan fingerprint density at radius 2 is 1.84 bits per heavy atom. The smallest absolute Gasteiger partial charge is 0.243 e. The summed E-state index contributed by atoms with van der Waals surface area (Å²) in [5.74, 6) is 0. The van der Waals surface area contributed by atoms with Gasteiger partial charge in [0.15, 0.2) is 0 Å². The van der Waals surface area contributed by atoms with Crippen LogP contribution in [0.25, 0.3) is 0 Å². The van der Waals surface area contributed by atoms with Crippen LogP contribution in [0.3, 0.4) is 0 Å². The third-order valence-corrected chi connectivity index (χ3v) is 4.87. The summed E-state index contributed by atoms with van der Waals surface area (Å²) in [6, 6.07) is 6.67. The van der Waals surface area contributed by atoms with E-state index in [0.717, 1.165) is 0 Å². The van der Waals surface area contributed by atoms with Crippen LogP contribution in [0, 0.1) is 18.3 Å². The predicted octanol–water partition coefficient (Wildman–Crippen LogP) is 1.05. The van der Waals surface area contributed by atoms with Crippen molar-refractivity contribution < 1.29 is 8.42 Å². The molecule has 0 aliphatic carbocycles. The molecule has 0 heterocycles. The van der Waals surface area contributed by atoms with Crippen molar-refractivity contribution in [3.05, 3.63) is 29.3 Å². The Labute approximate surface area is 115 Å². The van der Waals surface area contributed by atoms with E-state index in [1.54, 1.807) is 26.1 Å². The Hall–Kier alpha value is -1.42. The maximum Gasteiger partial charge on any atom is 0.243 e. The third kappa shape index (κ3) is 3.77. The van der Waals surface area contributed by atoms with Gasteiger partial charge in [-0.25, -0.2) is 8.42 Å². The standard InChI is InChI=1S/C13H19N3O2S/c1-11-5-6-12(10-14)9-13(11)19(17,18)16(4)8-7-15(2)3/h5-6,9H,7-8H2,1-4H3. The Balaban J connectivity index is 3.10. The van der Waals surface area contributed by atoms with Crippen molar-refractivity contribution in [2.45, 2.75) is 11.8 Å². The van der Waals surface area contributed by atoms with E-state index in [0.29, 0.717) is 24.2 Å². The van der Waals surface area contributed by atoms with Crippen LogP contribution in [0.4, 0.5) is 0 Å². The van der Waals surface area contributed by atoms with E-state index in [2.05, 4.69) is 0 Å². The van der Waals surface area contributed by atoms with Crippen molar-refractivity contribution in [2.24, 2.45) is 0 Å². The zero-order valence-electron chi connectivity index (χ0n) is 11.7. The van der Waals surface area contributed by atoms with Crippen LogP contribution in [0.1, 0.15) is 11.1 Å². The van der Waals surface area contributed by atoms with Gasteiger partial charge in [-0.3, -0.25) is 0 Å². The summed E-state index contributed by atoms with van der Waals surface area (Å²) in [4.78, 5) is 2.12. The summed E-state index contributed by atoms with van der Waals surface area (Å²) in [5.41, 5.74) is 1.00. The maximum atomic E-state index is 12.4. The van der Waals surface area contributed by atoms with Gasteiger partial charge in [0.05, 0.1) is 16.5 Å². The van der Waals surface area contributed by atoms with E-state index in [1.165, 1.54) is 10.4 Å². The lowest BCUT2D eigenvalue weighted by atomic mass is 10.2. The van der Waals surface area contributed by atoms with Crippen molar-refractivity contribution in [1.82, 2.24) is 9.21 Å². The second-order valence-electron chi connectivity index (χ2n) is 4.72.